The lowest BCUT2D eigenvalue weighted by atomic mass is 10.1. The van der Waals surface area contributed by atoms with E-state index in [4.69, 9.17) is 8.83 Å². The molecule has 2 aromatic carbocycles. The van der Waals surface area contributed by atoms with Gasteiger partial charge in [0.25, 0.3) is 5.91 Å². The van der Waals surface area contributed by atoms with Crippen LogP contribution in [0.15, 0.2) is 87.9 Å². The minimum Gasteiger partial charge on any atom is -0.467 e. The number of nitrogens with one attached hydrogen (secondary N) is 1. The van der Waals surface area contributed by atoms with Crippen LogP contribution in [0.5, 0.6) is 0 Å². The molecule has 0 saturated heterocycles. The fourth-order valence-electron chi connectivity index (χ4n) is 4.18. The van der Waals surface area contributed by atoms with Gasteiger partial charge in [0.2, 0.25) is 5.91 Å². The molecule has 1 N–H and O–H groups in total. The molecular formula is C28H27N5O4. The minimum absolute atomic E-state index is 0.0893. The summed E-state index contributed by atoms with van der Waals surface area (Å²) in [6, 6.07) is 21.3. The molecule has 9 heteroatoms. The van der Waals surface area contributed by atoms with Crippen LogP contribution in [0.25, 0.3) is 11.0 Å². The molecule has 37 heavy (non-hydrogen) atoms. The highest BCUT2D eigenvalue weighted by Crippen LogP contribution is 2.27. The van der Waals surface area contributed by atoms with Gasteiger partial charge in [-0.3, -0.25) is 9.59 Å². The second-order valence-corrected chi connectivity index (χ2v) is 8.89. The topological polar surface area (TPSA) is 106 Å². The summed E-state index contributed by atoms with van der Waals surface area (Å²) in [5.41, 5.74) is 3.41. The van der Waals surface area contributed by atoms with Crippen molar-refractivity contribution in [1.29, 1.82) is 0 Å². The van der Waals surface area contributed by atoms with Crippen LogP contribution in [0, 0.1) is 13.8 Å². The van der Waals surface area contributed by atoms with Gasteiger partial charge in [-0.05, 0) is 55.8 Å². The van der Waals surface area contributed by atoms with Crippen molar-refractivity contribution in [1.82, 2.24) is 25.2 Å². The van der Waals surface area contributed by atoms with Crippen molar-refractivity contribution in [3.8, 4) is 0 Å². The van der Waals surface area contributed by atoms with Crippen molar-refractivity contribution < 1.29 is 18.4 Å². The number of hydrogen-bond donors (Lipinski definition) is 1. The van der Waals surface area contributed by atoms with Gasteiger partial charge in [-0.15, -0.1) is 5.10 Å². The van der Waals surface area contributed by atoms with E-state index in [1.807, 2.05) is 55.5 Å². The second-order valence-electron chi connectivity index (χ2n) is 8.89. The molecule has 0 radical (unpaired) electrons. The van der Waals surface area contributed by atoms with Crippen molar-refractivity contribution in [2.45, 2.75) is 39.5 Å². The lowest BCUT2D eigenvalue weighted by Crippen LogP contribution is -2.44. The van der Waals surface area contributed by atoms with Gasteiger partial charge in [0.1, 0.15) is 29.3 Å². The predicted octanol–water partition coefficient (Wildman–Crippen LogP) is 4.32. The maximum Gasteiger partial charge on any atom is 0.251 e. The molecule has 0 bridgehead atoms. The third-order valence-corrected chi connectivity index (χ3v) is 6.11. The zero-order valence-electron chi connectivity index (χ0n) is 20.6. The summed E-state index contributed by atoms with van der Waals surface area (Å²) in [4.78, 5) is 29.0. The van der Waals surface area contributed by atoms with Crippen LogP contribution in [0.4, 0.5) is 0 Å². The summed E-state index contributed by atoms with van der Waals surface area (Å²) in [7, 11) is 0. The van der Waals surface area contributed by atoms with E-state index in [1.54, 1.807) is 42.1 Å². The number of furan rings is 2. The van der Waals surface area contributed by atoms with E-state index in [0.717, 1.165) is 16.6 Å². The molecule has 5 aromatic rings. The Hall–Kier alpha value is -4.66. The summed E-state index contributed by atoms with van der Waals surface area (Å²) in [5.74, 6) is 0.938. The van der Waals surface area contributed by atoms with Gasteiger partial charge in [-0.25, -0.2) is 4.68 Å². The van der Waals surface area contributed by atoms with E-state index in [0.29, 0.717) is 22.8 Å². The molecule has 0 aliphatic heterocycles. The van der Waals surface area contributed by atoms with Gasteiger partial charge in [0, 0.05) is 6.54 Å². The molecule has 2 amide bonds. The highest BCUT2D eigenvalue weighted by atomic mass is 16.3. The van der Waals surface area contributed by atoms with Gasteiger partial charge in [0.15, 0.2) is 6.04 Å². The van der Waals surface area contributed by atoms with E-state index in [9.17, 15) is 9.59 Å². The number of nitrogens with zero attached hydrogens (tertiary/aromatic N) is 4. The summed E-state index contributed by atoms with van der Waals surface area (Å²) in [5, 5.41) is 11.2. The Morgan fingerprint density at radius 1 is 1.00 bits per heavy atom. The van der Waals surface area contributed by atoms with Crippen molar-refractivity contribution in [3.05, 3.63) is 107 Å². The van der Waals surface area contributed by atoms with Crippen LogP contribution in [0.2, 0.25) is 0 Å². The first-order chi connectivity index (χ1) is 18.0. The van der Waals surface area contributed by atoms with Gasteiger partial charge < -0.3 is 19.1 Å². The molecule has 0 saturated carbocycles. The first-order valence-electron chi connectivity index (χ1n) is 12.0. The van der Waals surface area contributed by atoms with Gasteiger partial charge in [0.05, 0.1) is 18.3 Å². The summed E-state index contributed by atoms with van der Waals surface area (Å²) in [6.07, 6.45) is 1.55. The Kier molecular flexibility index (Phi) is 6.85. The summed E-state index contributed by atoms with van der Waals surface area (Å²) >= 11 is 0. The number of rotatable bonds is 9. The fraction of sp³-hybridized carbons (Fsp3) is 0.214. The highest BCUT2D eigenvalue weighted by molar-refractivity contribution is 5.88. The lowest BCUT2D eigenvalue weighted by Gasteiger charge is -2.30. The Morgan fingerprint density at radius 2 is 1.81 bits per heavy atom. The largest absolute Gasteiger partial charge is 0.467 e. The number of carbonyl (C=O) groups is 2. The Bertz CT molecular complexity index is 1500. The monoisotopic (exact) mass is 497 g/mol. The first kappa shape index (κ1) is 24.1. The molecule has 0 aliphatic rings. The van der Waals surface area contributed by atoms with Crippen molar-refractivity contribution >= 4 is 22.8 Å². The molecule has 3 aromatic heterocycles. The molecule has 0 spiro atoms. The molecule has 9 nitrogen and oxygen atoms in total. The summed E-state index contributed by atoms with van der Waals surface area (Å²) in [6.45, 7) is 4.09. The van der Waals surface area contributed by atoms with Crippen LogP contribution >= 0.6 is 0 Å². The maximum absolute atomic E-state index is 13.9. The maximum atomic E-state index is 13.9. The van der Waals surface area contributed by atoms with Crippen LogP contribution in [0.1, 0.15) is 34.4 Å². The van der Waals surface area contributed by atoms with E-state index < -0.39 is 6.04 Å². The number of aryl methyl sites for hydroxylation is 2. The van der Waals surface area contributed by atoms with E-state index in [-0.39, 0.29) is 31.4 Å². The van der Waals surface area contributed by atoms with Crippen LogP contribution in [0.3, 0.4) is 0 Å². The number of aromatic nitrogens is 3. The first-order valence-corrected chi connectivity index (χ1v) is 12.0. The highest BCUT2D eigenvalue weighted by Gasteiger charge is 2.34. The van der Waals surface area contributed by atoms with Crippen molar-refractivity contribution in [2.75, 3.05) is 0 Å². The summed E-state index contributed by atoms with van der Waals surface area (Å²) < 4.78 is 12.8. The second kappa shape index (κ2) is 10.5. The standard InChI is InChI=1S/C28H27N5O4/c1-19-9-12-21(13-10-19)17-32(26(34)18-33-24-8-4-3-7-23(24)30-31-33)27(25-14-11-20(2)37-25)28(35)29-16-22-6-5-15-36-22/h3-15,27H,16-18H2,1-2H3,(H,29,35)/t27-/m0/s1. The van der Waals surface area contributed by atoms with Crippen LogP contribution in [-0.2, 0) is 29.2 Å². The molecule has 0 unspecified atom stereocenters. The zero-order valence-corrected chi connectivity index (χ0v) is 20.6. The van der Waals surface area contributed by atoms with Gasteiger partial charge in [-0.1, -0.05) is 47.2 Å². The Morgan fingerprint density at radius 3 is 2.54 bits per heavy atom. The molecule has 5 rings (SSSR count). The number of fused-ring (bicyclic) bond motifs is 1. The Labute approximate surface area is 213 Å². The number of amides is 2. The molecule has 0 fully saturated rings. The van der Waals surface area contributed by atoms with Crippen LogP contribution < -0.4 is 5.32 Å². The average Bonchev–Trinajstić information content (AvgIpc) is 3.66. The van der Waals surface area contributed by atoms with Crippen LogP contribution in [-0.4, -0.2) is 31.7 Å². The molecule has 0 aliphatic carbocycles. The zero-order chi connectivity index (χ0) is 25.8. The molecule has 3 heterocycles. The number of para-hydroxylation sites is 1. The number of carbonyl (C=O) groups excluding carboxylic acids is 2. The molecular weight excluding hydrogens is 470 g/mol. The van der Waals surface area contributed by atoms with Crippen molar-refractivity contribution in [3.63, 3.8) is 0 Å². The van der Waals surface area contributed by atoms with E-state index in [2.05, 4.69) is 15.6 Å². The minimum atomic E-state index is -1.01. The van der Waals surface area contributed by atoms with Crippen molar-refractivity contribution in [2.24, 2.45) is 0 Å². The SMILES string of the molecule is Cc1ccc(CN(C(=O)Cn2nnc3ccccc32)[C@H](C(=O)NCc2ccco2)c2ccc(C)o2)cc1. The van der Waals surface area contributed by atoms with Gasteiger partial charge >= 0.3 is 0 Å². The number of benzene rings is 2. The smallest absolute Gasteiger partial charge is 0.251 e. The van der Waals surface area contributed by atoms with E-state index in [1.165, 1.54) is 4.90 Å². The quantitative estimate of drug-likeness (QED) is 0.325. The number of hydrogen-bond acceptors (Lipinski definition) is 6. The molecule has 1 atom stereocenters. The molecule has 188 valence electrons. The third-order valence-electron chi connectivity index (χ3n) is 6.11. The Balaban J connectivity index is 1.49. The fourth-order valence-corrected chi connectivity index (χ4v) is 4.18. The average molecular weight is 498 g/mol. The predicted molar refractivity (Wildman–Crippen MR) is 136 cm³/mol. The van der Waals surface area contributed by atoms with Gasteiger partial charge in [-0.2, -0.15) is 0 Å². The normalized spacial score (nSPS) is 11.9. The van der Waals surface area contributed by atoms with E-state index >= 15 is 0 Å². The third kappa shape index (κ3) is 5.45. The lowest BCUT2D eigenvalue weighted by molar-refractivity contribution is -0.143.